The van der Waals surface area contributed by atoms with Gasteiger partial charge in [-0.25, -0.2) is 0 Å². The fraction of sp³-hybridized carbons (Fsp3) is 0.588. The van der Waals surface area contributed by atoms with Gasteiger partial charge >= 0.3 is 35.5 Å². The fourth-order valence-corrected chi connectivity index (χ4v) is 2.74. The molecule has 24 heavy (non-hydrogen) atoms. The number of aliphatic hydroxyl groups excluding tert-OH is 1. The standard InChI is InChI=1S/C17H25NO5.Na/c1-6-8-11(18-23-9-7-2)13-12(19)10-17(3,4)14(15(13)20)16(21)22-5;/h7,14,20H,2,6,8-10H2,1,3-5H3;/q;+1/b18-11+;. The Balaban J connectivity index is 0.00000529. The van der Waals surface area contributed by atoms with Gasteiger partial charge in [-0.15, -0.1) is 0 Å². The molecule has 1 rings (SSSR count). The summed E-state index contributed by atoms with van der Waals surface area (Å²) in [6.45, 7) is 9.16. The molecular weight excluding hydrogens is 321 g/mol. The number of Topliss-reactive ketones (excluding diaryl/α,β-unsaturated/α-hetero) is 1. The third kappa shape index (κ3) is 5.19. The summed E-state index contributed by atoms with van der Waals surface area (Å²) in [6, 6.07) is 0. The molecule has 0 bridgehead atoms. The van der Waals surface area contributed by atoms with Crippen LogP contribution in [0, 0.1) is 11.3 Å². The molecule has 0 aliphatic heterocycles. The normalized spacial score (nSPS) is 20.2. The van der Waals surface area contributed by atoms with Gasteiger partial charge in [0.05, 0.1) is 18.4 Å². The number of oxime groups is 1. The quantitative estimate of drug-likeness (QED) is 0.174. The first kappa shape index (κ1) is 22.9. The Morgan fingerprint density at radius 2 is 2.12 bits per heavy atom. The summed E-state index contributed by atoms with van der Waals surface area (Å²) in [4.78, 5) is 29.7. The van der Waals surface area contributed by atoms with Crippen LogP contribution >= 0.6 is 0 Å². The van der Waals surface area contributed by atoms with Crippen molar-refractivity contribution in [3.63, 3.8) is 0 Å². The second-order valence-electron chi connectivity index (χ2n) is 6.18. The van der Waals surface area contributed by atoms with E-state index in [4.69, 9.17) is 9.57 Å². The molecule has 1 aliphatic rings. The molecule has 0 heterocycles. The van der Waals surface area contributed by atoms with E-state index in [-0.39, 0.29) is 59.7 Å². The van der Waals surface area contributed by atoms with Gasteiger partial charge < -0.3 is 14.7 Å². The Morgan fingerprint density at radius 3 is 2.62 bits per heavy atom. The van der Waals surface area contributed by atoms with Crippen molar-refractivity contribution >= 4 is 17.5 Å². The monoisotopic (exact) mass is 346 g/mol. The molecule has 0 spiro atoms. The smallest absolute Gasteiger partial charge is 0.511 e. The third-order valence-electron chi connectivity index (χ3n) is 3.79. The maximum absolute atomic E-state index is 12.5. The first-order chi connectivity index (χ1) is 10.8. The van der Waals surface area contributed by atoms with Gasteiger partial charge in [-0.3, -0.25) is 9.59 Å². The average molecular weight is 346 g/mol. The number of ketones is 1. The molecule has 1 atom stereocenters. The number of allylic oxidation sites excluding steroid dienone is 1. The predicted octanol–water partition coefficient (Wildman–Crippen LogP) is -0.0506. The van der Waals surface area contributed by atoms with Gasteiger partial charge in [0.25, 0.3) is 0 Å². The Kier molecular flexibility index (Phi) is 9.55. The maximum atomic E-state index is 12.5. The van der Waals surface area contributed by atoms with Crippen LogP contribution < -0.4 is 29.6 Å². The van der Waals surface area contributed by atoms with Gasteiger partial charge in [0.2, 0.25) is 0 Å². The van der Waals surface area contributed by atoms with Gasteiger partial charge in [0.1, 0.15) is 18.3 Å². The predicted molar refractivity (Wildman–Crippen MR) is 87.1 cm³/mol. The average Bonchev–Trinajstić information content (AvgIpc) is 2.45. The molecule has 128 valence electrons. The van der Waals surface area contributed by atoms with Crippen LogP contribution in [0.5, 0.6) is 0 Å². The number of methoxy groups -OCH3 is 1. The number of aliphatic hydroxyl groups is 1. The second-order valence-corrected chi connectivity index (χ2v) is 6.18. The Bertz CT molecular complexity index is 551. The number of rotatable bonds is 7. The number of hydrogen-bond acceptors (Lipinski definition) is 6. The van der Waals surface area contributed by atoms with E-state index in [1.807, 2.05) is 6.92 Å². The molecule has 6 nitrogen and oxygen atoms in total. The zero-order valence-electron chi connectivity index (χ0n) is 15.2. The summed E-state index contributed by atoms with van der Waals surface area (Å²) in [6.07, 6.45) is 2.82. The zero-order chi connectivity index (χ0) is 17.6. The third-order valence-corrected chi connectivity index (χ3v) is 3.79. The topological polar surface area (TPSA) is 85.2 Å². The molecule has 0 radical (unpaired) electrons. The van der Waals surface area contributed by atoms with Crippen molar-refractivity contribution in [2.45, 2.75) is 40.0 Å². The maximum Gasteiger partial charge on any atom is 1.00 e. The SMILES string of the molecule is C=CCO/N=C(\CCC)C1=C(O)C(C(=O)OC)C(C)(C)CC1=O.[Na+]. The number of carbonyl (C=O) groups is 2. The van der Waals surface area contributed by atoms with Crippen LogP contribution in [0.15, 0.2) is 29.1 Å². The summed E-state index contributed by atoms with van der Waals surface area (Å²) >= 11 is 0. The minimum Gasteiger partial charge on any atom is -0.511 e. The molecule has 0 aromatic heterocycles. The molecule has 1 unspecified atom stereocenters. The van der Waals surface area contributed by atoms with Crippen molar-refractivity contribution in [1.82, 2.24) is 0 Å². The number of nitrogens with zero attached hydrogens (tertiary/aromatic N) is 1. The first-order valence-corrected chi connectivity index (χ1v) is 7.64. The van der Waals surface area contributed by atoms with Crippen LogP contribution in [0.3, 0.4) is 0 Å². The van der Waals surface area contributed by atoms with Gasteiger partial charge in [-0.05, 0) is 11.8 Å². The van der Waals surface area contributed by atoms with Crippen LogP contribution in [-0.2, 0) is 19.2 Å². The first-order valence-electron chi connectivity index (χ1n) is 7.64. The van der Waals surface area contributed by atoms with Crippen molar-refractivity contribution < 1.29 is 53.8 Å². The number of hydrogen-bond donors (Lipinski definition) is 1. The summed E-state index contributed by atoms with van der Waals surface area (Å²) in [5.41, 5.74) is -0.302. The molecule has 1 aliphatic carbocycles. The van der Waals surface area contributed by atoms with E-state index in [0.717, 1.165) is 0 Å². The molecule has 0 fully saturated rings. The molecule has 0 aromatic carbocycles. The fourth-order valence-electron chi connectivity index (χ4n) is 2.74. The van der Waals surface area contributed by atoms with E-state index in [2.05, 4.69) is 11.7 Å². The van der Waals surface area contributed by atoms with Crippen LogP contribution in [0.1, 0.15) is 40.0 Å². The molecule has 7 heteroatoms. The zero-order valence-corrected chi connectivity index (χ0v) is 17.2. The van der Waals surface area contributed by atoms with E-state index >= 15 is 0 Å². The van der Waals surface area contributed by atoms with E-state index in [0.29, 0.717) is 18.6 Å². The molecule has 0 saturated heterocycles. The number of esters is 1. The van der Waals surface area contributed by atoms with Gasteiger partial charge in [-0.2, -0.15) is 0 Å². The van der Waals surface area contributed by atoms with E-state index < -0.39 is 17.3 Å². The summed E-state index contributed by atoms with van der Waals surface area (Å²) in [5, 5.41) is 14.5. The second kappa shape index (κ2) is 10.0. The van der Waals surface area contributed by atoms with Crippen LogP contribution in [-0.4, -0.2) is 36.3 Å². The van der Waals surface area contributed by atoms with Gasteiger partial charge in [0, 0.05) is 6.42 Å². The van der Waals surface area contributed by atoms with Gasteiger partial charge in [-0.1, -0.05) is 45.0 Å². The van der Waals surface area contributed by atoms with Gasteiger partial charge in [0.15, 0.2) is 5.78 Å². The largest absolute Gasteiger partial charge is 1.00 e. The Labute approximate surface area is 165 Å². The Hall–Kier alpha value is -1.11. The molecule has 0 saturated carbocycles. The summed E-state index contributed by atoms with van der Waals surface area (Å²) in [7, 11) is 1.26. The Morgan fingerprint density at radius 1 is 1.50 bits per heavy atom. The number of ether oxygens (including phenoxy) is 1. The molecular formula is C17H25NNaO5+. The number of carbonyl (C=O) groups excluding carboxylic acids is 2. The van der Waals surface area contributed by atoms with Crippen molar-refractivity contribution in [3.05, 3.63) is 24.0 Å². The van der Waals surface area contributed by atoms with Crippen molar-refractivity contribution in [2.24, 2.45) is 16.5 Å². The summed E-state index contributed by atoms with van der Waals surface area (Å²) in [5.74, 6) is -2.00. The van der Waals surface area contributed by atoms with Crippen LogP contribution in [0.25, 0.3) is 0 Å². The minimum atomic E-state index is -0.901. The van der Waals surface area contributed by atoms with Crippen molar-refractivity contribution in [2.75, 3.05) is 13.7 Å². The van der Waals surface area contributed by atoms with E-state index in [1.165, 1.54) is 13.2 Å². The van der Waals surface area contributed by atoms with E-state index in [1.54, 1.807) is 13.8 Å². The van der Waals surface area contributed by atoms with Crippen LogP contribution in [0.2, 0.25) is 0 Å². The van der Waals surface area contributed by atoms with E-state index in [9.17, 15) is 14.7 Å². The van der Waals surface area contributed by atoms with Crippen molar-refractivity contribution in [3.8, 4) is 0 Å². The molecule has 0 aromatic rings. The van der Waals surface area contributed by atoms with Crippen molar-refractivity contribution in [1.29, 1.82) is 0 Å². The summed E-state index contributed by atoms with van der Waals surface area (Å²) < 4.78 is 4.79. The van der Waals surface area contributed by atoms with Crippen LogP contribution in [0.4, 0.5) is 0 Å². The molecule has 1 N–H and O–H groups in total. The minimum absolute atomic E-state index is 0. The molecule has 0 amide bonds.